The van der Waals surface area contributed by atoms with Gasteiger partial charge in [0, 0.05) is 36.0 Å². The first-order valence-electron chi connectivity index (χ1n) is 12.9. The van der Waals surface area contributed by atoms with Crippen LogP contribution in [0.2, 0.25) is 0 Å². The van der Waals surface area contributed by atoms with Gasteiger partial charge in [0.2, 0.25) is 5.95 Å². The van der Waals surface area contributed by atoms with Gasteiger partial charge < -0.3 is 26.0 Å². The lowest BCUT2D eigenvalue weighted by molar-refractivity contribution is 0.104. The molecule has 5 N–H and O–H groups in total. The molecule has 0 aliphatic carbocycles. The molecule has 0 amide bonds. The van der Waals surface area contributed by atoms with E-state index in [-0.39, 0.29) is 30.2 Å². The van der Waals surface area contributed by atoms with Gasteiger partial charge in [-0.25, -0.2) is 4.98 Å². The van der Waals surface area contributed by atoms with E-state index in [0.717, 1.165) is 27.8 Å². The number of fused-ring (bicyclic) bond motifs is 1. The second kappa shape index (κ2) is 11.9. The number of hydrazone groups is 1. The van der Waals surface area contributed by atoms with Crippen LogP contribution >= 0.6 is 0 Å². The Morgan fingerprint density at radius 3 is 2.63 bits per heavy atom. The van der Waals surface area contributed by atoms with Crippen molar-refractivity contribution in [3.8, 4) is 11.5 Å². The van der Waals surface area contributed by atoms with E-state index in [2.05, 4.69) is 15.1 Å². The first-order chi connectivity index (χ1) is 19.9. The lowest BCUT2D eigenvalue weighted by atomic mass is 9.92. The topological polar surface area (TPSA) is 149 Å². The molecule has 1 aliphatic heterocycles. The van der Waals surface area contributed by atoms with Crippen LogP contribution in [-0.4, -0.2) is 46.3 Å². The molecule has 10 heteroatoms. The molecular formula is C31H30N6O4. The highest BCUT2D eigenvalue weighted by molar-refractivity contribution is 6.07. The van der Waals surface area contributed by atoms with Crippen molar-refractivity contribution in [1.29, 1.82) is 0 Å². The maximum Gasteiger partial charge on any atom is 0.221 e. The molecule has 208 valence electrons. The molecule has 0 saturated carbocycles. The number of nitrogen functional groups attached to an aromatic ring is 2. The first-order valence-corrected chi connectivity index (χ1v) is 12.9. The van der Waals surface area contributed by atoms with Crippen molar-refractivity contribution in [3.05, 3.63) is 118 Å². The van der Waals surface area contributed by atoms with Crippen molar-refractivity contribution in [2.45, 2.75) is 19.1 Å². The average molecular weight is 551 g/mol. The smallest absolute Gasteiger partial charge is 0.221 e. The van der Waals surface area contributed by atoms with Gasteiger partial charge in [0.1, 0.15) is 11.9 Å². The number of hydrogen-bond acceptors (Lipinski definition) is 10. The highest BCUT2D eigenvalue weighted by Gasteiger charge is 2.26. The van der Waals surface area contributed by atoms with Crippen LogP contribution in [0.1, 0.15) is 49.8 Å². The molecule has 0 bridgehead atoms. The molecule has 4 aromatic rings. The van der Waals surface area contributed by atoms with Crippen LogP contribution in [0.3, 0.4) is 0 Å². The molecule has 0 spiro atoms. The Kier molecular flexibility index (Phi) is 7.93. The Bertz CT molecular complexity index is 1650. The highest BCUT2D eigenvalue weighted by atomic mass is 16.5. The zero-order chi connectivity index (χ0) is 28.9. The molecule has 41 heavy (non-hydrogen) atoms. The molecule has 5 rings (SSSR count). The molecule has 1 unspecified atom stereocenters. The number of allylic oxidation sites excluding steroid dienone is 1. The maximum atomic E-state index is 13.6. The van der Waals surface area contributed by atoms with Crippen LogP contribution in [-0.2, 0) is 13.0 Å². The number of benzene rings is 3. The van der Waals surface area contributed by atoms with E-state index < -0.39 is 0 Å². The summed E-state index contributed by atoms with van der Waals surface area (Å²) in [6.45, 7) is -0.0775. The number of aliphatic hydroxyl groups is 1. The van der Waals surface area contributed by atoms with Gasteiger partial charge >= 0.3 is 0 Å². The van der Waals surface area contributed by atoms with Crippen LogP contribution in [0.15, 0.2) is 84.2 Å². The largest absolute Gasteiger partial charge is 0.493 e. The molecule has 0 fully saturated rings. The second-order valence-corrected chi connectivity index (χ2v) is 9.43. The summed E-state index contributed by atoms with van der Waals surface area (Å²) < 4.78 is 11.1. The normalized spacial score (nSPS) is 14.2. The van der Waals surface area contributed by atoms with Crippen LogP contribution in [0.4, 0.5) is 11.8 Å². The van der Waals surface area contributed by atoms with Crippen molar-refractivity contribution >= 4 is 23.8 Å². The van der Waals surface area contributed by atoms with Crippen molar-refractivity contribution in [2.75, 3.05) is 25.7 Å². The summed E-state index contributed by atoms with van der Waals surface area (Å²) in [6.07, 6.45) is 6.78. The number of ketones is 1. The Balaban J connectivity index is 1.50. The average Bonchev–Trinajstić information content (AvgIpc) is 3.00. The summed E-state index contributed by atoms with van der Waals surface area (Å²) in [5, 5.41) is 16.1. The van der Waals surface area contributed by atoms with Gasteiger partial charge in [-0.15, -0.1) is 0 Å². The van der Waals surface area contributed by atoms with E-state index in [1.165, 1.54) is 20.3 Å². The van der Waals surface area contributed by atoms with Gasteiger partial charge in [0.05, 0.1) is 32.6 Å². The fourth-order valence-electron chi connectivity index (χ4n) is 4.86. The van der Waals surface area contributed by atoms with Crippen LogP contribution in [0.5, 0.6) is 11.5 Å². The molecule has 0 saturated heterocycles. The molecule has 3 aromatic carbocycles. The summed E-state index contributed by atoms with van der Waals surface area (Å²) in [4.78, 5) is 21.7. The standard InChI is InChI=1S/C31H30N6O4/c1-40-27-15-20(13-23-16-34-31(33)36-30(23)32)14-25(29(27)41-2)26(39)10-11-37-28(21-8-5-6-19(12-21)18-38)24-9-4-3-7-22(24)17-35-37/h3-12,14-17,28,38H,13,18H2,1-2H3,(H4,32,33,34,36)/b11-10+. The second-order valence-electron chi connectivity index (χ2n) is 9.43. The number of nitrogens with zero attached hydrogens (tertiary/aromatic N) is 4. The SMILES string of the molecule is COc1cc(Cc2cnc(N)nc2N)cc(C(=O)/C=C/N2N=Cc3ccccc3C2c2cccc(CO)c2)c1OC. The molecule has 1 aromatic heterocycles. The first kappa shape index (κ1) is 27.4. The van der Waals surface area contributed by atoms with E-state index in [0.29, 0.717) is 29.0 Å². The number of methoxy groups -OCH3 is 2. The number of nitrogens with two attached hydrogens (primary N) is 2. The summed E-state index contributed by atoms with van der Waals surface area (Å²) in [7, 11) is 3.00. The van der Waals surface area contributed by atoms with Gasteiger partial charge in [0.15, 0.2) is 17.3 Å². The Morgan fingerprint density at radius 2 is 1.88 bits per heavy atom. The minimum atomic E-state index is -0.305. The predicted molar refractivity (Wildman–Crippen MR) is 157 cm³/mol. The summed E-state index contributed by atoms with van der Waals surface area (Å²) in [5.41, 5.74) is 17.1. The Morgan fingerprint density at radius 1 is 1.05 bits per heavy atom. The van der Waals surface area contributed by atoms with Crippen LogP contribution in [0, 0.1) is 0 Å². The predicted octanol–water partition coefficient (Wildman–Crippen LogP) is 3.88. The summed E-state index contributed by atoms with van der Waals surface area (Å²) >= 11 is 0. The third kappa shape index (κ3) is 5.73. The van der Waals surface area contributed by atoms with Gasteiger partial charge in [-0.1, -0.05) is 48.5 Å². The fourth-order valence-corrected chi connectivity index (χ4v) is 4.86. The van der Waals surface area contributed by atoms with E-state index >= 15 is 0 Å². The number of hydrogen-bond donors (Lipinski definition) is 3. The van der Waals surface area contributed by atoms with Gasteiger partial charge in [0.25, 0.3) is 0 Å². The van der Waals surface area contributed by atoms with Crippen molar-refractivity contribution in [1.82, 2.24) is 15.0 Å². The number of ether oxygens (including phenoxy) is 2. The van der Waals surface area contributed by atoms with Gasteiger partial charge in [-0.3, -0.25) is 9.80 Å². The third-order valence-electron chi connectivity index (χ3n) is 6.83. The number of rotatable bonds is 9. The Hall–Kier alpha value is -5.22. The van der Waals surface area contributed by atoms with Crippen LogP contribution < -0.4 is 20.9 Å². The minimum Gasteiger partial charge on any atom is -0.493 e. The lowest BCUT2D eigenvalue weighted by Gasteiger charge is -2.31. The molecule has 1 aliphatic rings. The van der Waals surface area contributed by atoms with Crippen LogP contribution in [0.25, 0.3) is 0 Å². The van der Waals surface area contributed by atoms with Gasteiger partial charge in [-0.05, 0) is 34.4 Å². The lowest BCUT2D eigenvalue weighted by Crippen LogP contribution is -2.25. The maximum absolute atomic E-state index is 13.6. The molecule has 2 heterocycles. The number of anilines is 2. The Labute approximate surface area is 237 Å². The molecule has 10 nitrogen and oxygen atoms in total. The minimum absolute atomic E-state index is 0.0775. The van der Waals surface area contributed by atoms with E-state index in [1.54, 1.807) is 35.8 Å². The van der Waals surface area contributed by atoms with Crippen molar-refractivity contribution in [3.63, 3.8) is 0 Å². The van der Waals surface area contributed by atoms with Crippen molar-refractivity contribution in [2.24, 2.45) is 5.10 Å². The molecular weight excluding hydrogens is 520 g/mol. The third-order valence-corrected chi connectivity index (χ3v) is 6.83. The van der Waals surface area contributed by atoms with Crippen molar-refractivity contribution < 1.29 is 19.4 Å². The highest BCUT2D eigenvalue weighted by Crippen LogP contribution is 2.36. The number of carbonyl (C=O) groups excluding carboxylic acids is 1. The van der Waals surface area contributed by atoms with E-state index in [4.69, 9.17) is 20.9 Å². The quantitative estimate of drug-likeness (QED) is 0.208. The van der Waals surface area contributed by atoms with E-state index in [1.807, 2.05) is 48.5 Å². The van der Waals surface area contributed by atoms with E-state index in [9.17, 15) is 9.90 Å². The number of aliphatic hydroxyl groups excluding tert-OH is 1. The zero-order valence-corrected chi connectivity index (χ0v) is 22.7. The monoisotopic (exact) mass is 550 g/mol. The zero-order valence-electron chi connectivity index (χ0n) is 22.7. The molecule has 0 radical (unpaired) electrons. The van der Waals surface area contributed by atoms with Gasteiger partial charge in [-0.2, -0.15) is 10.1 Å². The summed E-state index contributed by atoms with van der Waals surface area (Å²) in [5.74, 6) is 0.761. The fraction of sp³-hybridized carbons (Fsp3) is 0.161. The number of aromatic nitrogens is 2. The number of carbonyl (C=O) groups is 1. The molecule has 1 atom stereocenters. The summed E-state index contributed by atoms with van der Waals surface area (Å²) in [6, 6.07) is 18.8.